The molecule has 0 bridgehead atoms. The van der Waals surface area contributed by atoms with E-state index >= 15 is 0 Å². The fourth-order valence-corrected chi connectivity index (χ4v) is 3.75. The maximum Gasteiger partial charge on any atom is 0.249 e. The van der Waals surface area contributed by atoms with Crippen LogP contribution >= 0.6 is 0 Å². The molecule has 4 rings (SSSR count). The molecule has 4 aromatic rings. The molecule has 0 saturated carbocycles. The van der Waals surface area contributed by atoms with E-state index in [1.165, 1.54) is 34.0 Å². The Morgan fingerprint density at radius 1 is 1.11 bits per heavy atom. The number of amides is 2. The van der Waals surface area contributed by atoms with Crippen molar-refractivity contribution in [3.05, 3.63) is 84.4 Å². The second-order valence-corrected chi connectivity index (χ2v) is 8.90. The van der Waals surface area contributed by atoms with E-state index in [2.05, 4.69) is 20.6 Å². The predicted molar refractivity (Wildman–Crippen MR) is 131 cm³/mol. The summed E-state index contributed by atoms with van der Waals surface area (Å²) in [7, 11) is 0. The molecule has 0 aliphatic carbocycles. The molecule has 9 heteroatoms. The van der Waals surface area contributed by atoms with E-state index in [0.29, 0.717) is 23.0 Å². The van der Waals surface area contributed by atoms with Gasteiger partial charge in [-0.3, -0.25) is 19.5 Å². The number of fused-ring (bicyclic) bond motifs is 1. The van der Waals surface area contributed by atoms with Crippen LogP contribution in [0.15, 0.2) is 73.1 Å². The number of halogens is 1. The van der Waals surface area contributed by atoms with Gasteiger partial charge in [-0.1, -0.05) is 36.4 Å². The van der Waals surface area contributed by atoms with Crippen molar-refractivity contribution in [1.82, 2.24) is 25.3 Å². The fourth-order valence-electron chi connectivity index (χ4n) is 3.75. The van der Waals surface area contributed by atoms with E-state index in [1.54, 1.807) is 30.5 Å². The van der Waals surface area contributed by atoms with Crippen LogP contribution in [0.1, 0.15) is 38.8 Å². The summed E-state index contributed by atoms with van der Waals surface area (Å²) >= 11 is 0. The van der Waals surface area contributed by atoms with Gasteiger partial charge in [-0.15, -0.1) is 5.10 Å². The van der Waals surface area contributed by atoms with Crippen LogP contribution in [0.4, 0.5) is 10.1 Å². The zero-order valence-corrected chi connectivity index (χ0v) is 19.9. The van der Waals surface area contributed by atoms with E-state index < -0.39 is 29.2 Å². The first-order chi connectivity index (χ1) is 16.8. The number of pyridine rings is 1. The van der Waals surface area contributed by atoms with Gasteiger partial charge in [0.25, 0.3) is 0 Å². The Morgan fingerprint density at radius 3 is 2.63 bits per heavy atom. The van der Waals surface area contributed by atoms with Gasteiger partial charge in [-0.2, -0.15) is 0 Å². The molecule has 0 saturated heterocycles. The molecule has 180 valence electrons. The van der Waals surface area contributed by atoms with Gasteiger partial charge >= 0.3 is 0 Å². The van der Waals surface area contributed by atoms with Crippen molar-refractivity contribution >= 4 is 28.5 Å². The lowest BCUT2D eigenvalue weighted by Crippen LogP contribution is -2.51. The second kappa shape index (κ2) is 10.0. The van der Waals surface area contributed by atoms with Gasteiger partial charge in [-0.25, -0.2) is 9.07 Å². The fraction of sp³-hybridized carbons (Fsp3) is 0.269. The minimum atomic E-state index is -1.08. The Morgan fingerprint density at radius 2 is 1.91 bits per heavy atom. The number of aromatic nitrogens is 4. The monoisotopic (exact) mass is 474 g/mol. The Labute approximate surface area is 202 Å². The number of para-hydroxylation sites is 1. The average Bonchev–Trinajstić information content (AvgIpc) is 3.25. The molecule has 0 aliphatic heterocycles. The van der Waals surface area contributed by atoms with Gasteiger partial charge in [-0.05, 0) is 56.7 Å². The van der Waals surface area contributed by atoms with Crippen molar-refractivity contribution in [2.75, 3.05) is 4.90 Å². The van der Waals surface area contributed by atoms with Gasteiger partial charge in [0.15, 0.2) is 0 Å². The Hall–Kier alpha value is -4.14. The van der Waals surface area contributed by atoms with Crippen LogP contribution in [0.5, 0.6) is 0 Å². The van der Waals surface area contributed by atoms with Gasteiger partial charge < -0.3 is 5.32 Å². The first-order valence-electron chi connectivity index (χ1n) is 11.4. The molecule has 0 radical (unpaired) electrons. The van der Waals surface area contributed by atoms with Crippen LogP contribution in [-0.2, 0) is 16.1 Å². The van der Waals surface area contributed by atoms with Gasteiger partial charge in [0.05, 0.1) is 5.52 Å². The minimum Gasteiger partial charge on any atom is -0.349 e. The summed E-state index contributed by atoms with van der Waals surface area (Å²) in [5.41, 5.74) is 1.55. The van der Waals surface area contributed by atoms with Crippen LogP contribution in [0.25, 0.3) is 11.0 Å². The molecule has 2 heterocycles. The van der Waals surface area contributed by atoms with Crippen LogP contribution in [0.3, 0.4) is 0 Å². The number of anilines is 1. The zero-order chi connectivity index (χ0) is 25.0. The highest BCUT2D eigenvalue weighted by atomic mass is 19.1. The standard InChI is InChI=1S/C26H27FN6O2/c1-4-26(2,3)29-25(35)24(18-9-8-14-28-16-18)33(20-11-7-10-19(27)15-20)23(34)17-32-22-13-6-5-12-21(22)30-31-32/h5-16,24H,4,17H2,1-3H3,(H,29,35)/t24-/m1/s1. The lowest BCUT2D eigenvalue weighted by Gasteiger charge is -2.34. The molecule has 2 aromatic heterocycles. The van der Waals surface area contributed by atoms with E-state index in [-0.39, 0.29) is 12.2 Å². The maximum absolute atomic E-state index is 14.3. The number of nitrogens with zero attached hydrogens (tertiary/aromatic N) is 5. The van der Waals surface area contributed by atoms with Crippen molar-refractivity contribution in [2.24, 2.45) is 0 Å². The van der Waals surface area contributed by atoms with E-state index in [0.717, 1.165) is 0 Å². The first kappa shape index (κ1) is 24.0. The Bertz CT molecular complexity index is 1340. The summed E-state index contributed by atoms with van der Waals surface area (Å²) < 4.78 is 15.8. The second-order valence-electron chi connectivity index (χ2n) is 8.90. The highest BCUT2D eigenvalue weighted by Gasteiger charge is 2.35. The van der Waals surface area contributed by atoms with Crippen molar-refractivity contribution in [3.63, 3.8) is 0 Å². The van der Waals surface area contributed by atoms with Gasteiger partial charge in [0, 0.05) is 29.2 Å². The van der Waals surface area contributed by atoms with E-state index in [1.807, 2.05) is 39.0 Å². The number of carbonyl (C=O) groups excluding carboxylic acids is 2. The summed E-state index contributed by atoms with van der Waals surface area (Å²) in [5.74, 6) is -1.37. The first-order valence-corrected chi connectivity index (χ1v) is 11.4. The number of hydrogen-bond donors (Lipinski definition) is 1. The third kappa shape index (κ3) is 5.34. The average molecular weight is 475 g/mol. The molecule has 2 aromatic carbocycles. The normalized spacial score (nSPS) is 12.3. The number of carbonyl (C=O) groups is 2. The molecule has 2 amide bonds. The van der Waals surface area contributed by atoms with Crippen LogP contribution in [0.2, 0.25) is 0 Å². The largest absolute Gasteiger partial charge is 0.349 e. The summed E-state index contributed by atoms with van der Waals surface area (Å²) in [5, 5.41) is 11.2. The number of benzene rings is 2. The molecule has 0 fully saturated rings. The number of hydrogen-bond acceptors (Lipinski definition) is 5. The molecule has 35 heavy (non-hydrogen) atoms. The summed E-state index contributed by atoms with van der Waals surface area (Å²) in [6, 6.07) is 15.2. The molecular weight excluding hydrogens is 447 g/mol. The van der Waals surface area contributed by atoms with E-state index in [4.69, 9.17) is 0 Å². The van der Waals surface area contributed by atoms with Crippen molar-refractivity contribution < 1.29 is 14.0 Å². The quantitative estimate of drug-likeness (QED) is 0.416. The molecule has 1 atom stereocenters. The van der Waals surface area contributed by atoms with Crippen LogP contribution in [0, 0.1) is 5.82 Å². The van der Waals surface area contributed by atoms with Gasteiger partial charge in [0.2, 0.25) is 11.8 Å². The molecule has 0 unspecified atom stereocenters. The van der Waals surface area contributed by atoms with Gasteiger partial charge in [0.1, 0.15) is 23.9 Å². The Balaban J connectivity index is 1.81. The lowest BCUT2D eigenvalue weighted by atomic mass is 9.99. The molecule has 1 N–H and O–H groups in total. The minimum absolute atomic E-state index is 0.196. The summed E-state index contributed by atoms with van der Waals surface area (Å²) in [4.78, 5) is 33.0. The van der Waals surface area contributed by atoms with Crippen molar-refractivity contribution in [3.8, 4) is 0 Å². The SMILES string of the molecule is CCC(C)(C)NC(=O)[C@@H](c1cccnc1)N(C(=O)Cn1nnc2ccccc21)c1cccc(F)c1. The van der Waals surface area contributed by atoms with Crippen molar-refractivity contribution in [2.45, 2.75) is 45.3 Å². The highest BCUT2D eigenvalue weighted by Crippen LogP contribution is 2.29. The smallest absolute Gasteiger partial charge is 0.249 e. The molecule has 0 spiro atoms. The third-order valence-electron chi connectivity index (χ3n) is 5.91. The highest BCUT2D eigenvalue weighted by molar-refractivity contribution is 6.01. The predicted octanol–water partition coefficient (Wildman–Crippen LogP) is 4.04. The summed E-state index contributed by atoms with van der Waals surface area (Å²) in [6.07, 6.45) is 3.80. The van der Waals surface area contributed by atoms with Crippen LogP contribution in [-0.4, -0.2) is 37.3 Å². The molecule has 0 aliphatic rings. The molecule has 8 nitrogen and oxygen atoms in total. The van der Waals surface area contributed by atoms with E-state index in [9.17, 15) is 14.0 Å². The van der Waals surface area contributed by atoms with Crippen LogP contribution < -0.4 is 10.2 Å². The topological polar surface area (TPSA) is 93.0 Å². The number of nitrogens with one attached hydrogen (secondary N) is 1. The Kier molecular flexibility index (Phi) is 6.86. The lowest BCUT2D eigenvalue weighted by molar-refractivity contribution is -0.128. The molecular formula is C26H27FN6O2. The number of rotatable bonds is 8. The zero-order valence-electron chi connectivity index (χ0n) is 19.9. The summed E-state index contributed by atoms with van der Waals surface area (Å²) in [6.45, 7) is 5.57. The van der Waals surface area contributed by atoms with Crippen molar-refractivity contribution in [1.29, 1.82) is 0 Å². The third-order valence-corrected chi connectivity index (χ3v) is 5.91. The maximum atomic E-state index is 14.3.